The molecular weight excluding hydrogens is 302 g/mol. The lowest BCUT2D eigenvalue weighted by atomic mass is 10.3. The predicted octanol–water partition coefficient (Wildman–Crippen LogP) is 3.87. The molecule has 0 atom stereocenters. The molecule has 3 nitrogen and oxygen atoms in total. The van der Waals surface area contributed by atoms with Crippen LogP contribution in [0.5, 0.6) is 5.88 Å². The minimum Gasteiger partial charge on any atom is -0.478 e. The molecular formula is C9H7ClF6N2O. The van der Waals surface area contributed by atoms with Crippen molar-refractivity contribution in [3.8, 4) is 5.88 Å². The van der Waals surface area contributed by atoms with Gasteiger partial charge < -0.3 is 4.74 Å². The molecule has 0 bridgehead atoms. The molecule has 1 aromatic heterocycles. The van der Waals surface area contributed by atoms with Crippen LogP contribution in [0.3, 0.4) is 0 Å². The smallest absolute Gasteiger partial charge is 0.433 e. The molecule has 0 aliphatic rings. The Bertz CT molecular complexity index is 434. The van der Waals surface area contributed by atoms with Gasteiger partial charge in [0.2, 0.25) is 11.2 Å². The third kappa shape index (κ3) is 5.95. The van der Waals surface area contributed by atoms with Gasteiger partial charge in [0.1, 0.15) is 0 Å². The Labute approximate surface area is 108 Å². The minimum atomic E-state index is -4.74. The number of hydrogen-bond acceptors (Lipinski definition) is 3. The molecule has 0 unspecified atom stereocenters. The molecule has 0 aromatic carbocycles. The van der Waals surface area contributed by atoms with Gasteiger partial charge in [0.15, 0.2) is 5.69 Å². The zero-order chi connectivity index (χ0) is 14.7. The highest BCUT2D eigenvalue weighted by atomic mass is 35.5. The number of rotatable bonds is 4. The van der Waals surface area contributed by atoms with Crippen LogP contribution in [-0.2, 0) is 6.18 Å². The third-order valence-electron chi connectivity index (χ3n) is 1.82. The first-order chi connectivity index (χ1) is 8.58. The summed E-state index contributed by atoms with van der Waals surface area (Å²) in [4.78, 5) is 6.27. The van der Waals surface area contributed by atoms with E-state index < -0.39 is 48.7 Å². The summed E-state index contributed by atoms with van der Waals surface area (Å²) in [5.74, 6) is -0.519. The van der Waals surface area contributed by atoms with Crippen molar-refractivity contribution in [2.24, 2.45) is 0 Å². The van der Waals surface area contributed by atoms with Crippen molar-refractivity contribution in [2.45, 2.75) is 25.2 Å². The number of nitrogens with zero attached hydrogens (tertiary/aromatic N) is 2. The molecule has 10 heteroatoms. The maximum atomic E-state index is 12.3. The van der Waals surface area contributed by atoms with E-state index in [1.54, 1.807) is 0 Å². The highest BCUT2D eigenvalue weighted by molar-refractivity contribution is 6.28. The van der Waals surface area contributed by atoms with Crippen molar-refractivity contribution < 1.29 is 31.1 Å². The molecule has 0 saturated carbocycles. The topological polar surface area (TPSA) is 35.0 Å². The van der Waals surface area contributed by atoms with Gasteiger partial charge in [-0.1, -0.05) is 0 Å². The Morgan fingerprint density at radius 2 is 1.74 bits per heavy atom. The van der Waals surface area contributed by atoms with Gasteiger partial charge in [0.25, 0.3) is 0 Å². The van der Waals surface area contributed by atoms with Crippen LogP contribution in [0, 0.1) is 0 Å². The summed E-state index contributed by atoms with van der Waals surface area (Å²) < 4.78 is 77.1. The Balaban J connectivity index is 2.62. The summed E-state index contributed by atoms with van der Waals surface area (Å²) in [5, 5.41) is -0.694. The van der Waals surface area contributed by atoms with Gasteiger partial charge in [-0.2, -0.15) is 31.3 Å². The van der Waals surface area contributed by atoms with Crippen LogP contribution in [0.25, 0.3) is 0 Å². The molecule has 1 aromatic rings. The second kappa shape index (κ2) is 5.81. The van der Waals surface area contributed by atoms with Crippen LogP contribution in [0.1, 0.15) is 18.5 Å². The molecule has 0 radical (unpaired) electrons. The van der Waals surface area contributed by atoms with Crippen LogP contribution in [-0.4, -0.2) is 22.8 Å². The number of ether oxygens (including phenoxy) is 1. The summed E-state index contributed by atoms with van der Waals surface area (Å²) in [5.41, 5.74) is -1.32. The molecule has 19 heavy (non-hydrogen) atoms. The maximum Gasteiger partial charge on any atom is 0.433 e. The fourth-order valence-corrected chi connectivity index (χ4v) is 1.24. The summed E-state index contributed by atoms with van der Waals surface area (Å²) in [6.45, 7) is -0.426. The summed E-state index contributed by atoms with van der Waals surface area (Å²) >= 11 is 5.26. The fraction of sp³-hybridized carbons (Fsp3) is 0.556. The number of alkyl halides is 6. The molecule has 0 amide bonds. The van der Waals surface area contributed by atoms with Gasteiger partial charge in [0.05, 0.1) is 6.61 Å². The first kappa shape index (κ1) is 15.8. The molecule has 0 aliphatic heterocycles. The first-order valence-electron chi connectivity index (χ1n) is 4.89. The second-order valence-corrected chi connectivity index (χ2v) is 3.76. The van der Waals surface area contributed by atoms with Gasteiger partial charge >= 0.3 is 12.4 Å². The van der Waals surface area contributed by atoms with E-state index >= 15 is 0 Å². The third-order valence-corrected chi connectivity index (χ3v) is 1.99. The molecule has 0 N–H and O–H groups in total. The number of aromatic nitrogens is 2. The van der Waals surface area contributed by atoms with E-state index in [1.807, 2.05) is 0 Å². The largest absolute Gasteiger partial charge is 0.478 e. The van der Waals surface area contributed by atoms with E-state index in [9.17, 15) is 26.3 Å². The van der Waals surface area contributed by atoms with Crippen molar-refractivity contribution >= 4 is 11.6 Å². The summed E-state index contributed by atoms with van der Waals surface area (Å²) in [7, 11) is 0. The van der Waals surface area contributed by atoms with E-state index in [4.69, 9.17) is 11.6 Å². The normalized spacial score (nSPS) is 12.6. The zero-order valence-electron chi connectivity index (χ0n) is 9.15. The Morgan fingerprint density at radius 1 is 1.11 bits per heavy atom. The Hall–Kier alpha value is -1.25. The molecule has 1 rings (SSSR count). The molecule has 108 valence electrons. The first-order valence-corrected chi connectivity index (χ1v) is 5.27. The standard InChI is InChI=1S/C9H7ClF6N2O/c10-7-17-5(9(14,15)16)4-6(18-7)19-3-1-2-8(11,12)13/h4H,1-3H2. The molecule has 0 fully saturated rings. The second-order valence-electron chi connectivity index (χ2n) is 3.43. The average Bonchev–Trinajstić information content (AvgIpc) is 2.21. The van der Waals surface area contributed by atoms with Crippen molar-refractivity contribution in [1.29, 1.82) is 0 Å². The lowest BCUT2D eigenvalue weighted by Gasteiger charge is -2.10. The Morgan fingerprint density at radius 3 is 2.26 bits per heavy atom. The van der Waals surface area contributed by atoms with Gasteiger partial charge in [-0.05, 0) is 18.0 Å². The monoisotopic (exact) mass is 308 g/mol. The fourth-order valence-electron chi connectivity index (χ4n) is 1.07. The molecule has 0 aliphatic carbocycles. The van der Waals surface area contributed by atoms with E-state index in [2.05, 4.69) is 14.7 Å². The lowest BCUT2D eigenvalue weighted by molar-refractivity contribution is -0.141. The summed E-state index contributed by atoms with van der Waals surface area (Å²) in [6.07, 6.45) is -10.6. The number of halogens is 7. The van der Waals surface area contributed by atoms with Crippen molar-refractivity contribution in [1.82, 2.24) is 9.97 Å². The molecule has 0 spiro atoms. The average molecular weight is 309 g/mol. The van der Waals surface area contributed by atoms with E-state index in [0.717, 1.165) is 0 Å². The van der Waals surface area contributed by atoms with Gasteiger partial charge in [-0.3, -0.25) is 0 Å². The van der Waals surface area contributed by atoms with Gasteiger partial charge in [0, 0.05) is 12.5 Å². The minimum absolute atomic E-state index is 0.396. The molecule has 1 heterocycles. The summed E-state index contributed by atoms with van der Waals surface area (Å²) in [6, 6.07) is 0.472. The van der Waals surface area contributed by atoms with E-state index in [1.165, 1.54) is 0 Å². The number of hydrogen-bond donors (Lipinski definition) is 0. The predicted molar refractivity (Wildman–Crippen MR) is 52.8 cm³/mol. The maximum absolute atomic E-state index is 12.3. The van der Waals surface area contributed by atoms with Crippen molar-refractivity contribution in [2.75, 3.05) is 6.61 Å². The molecule has 0 saturated heterocycles. The van der Waals surface area contributed by atoms with Crippen LogP contribution in [0.4, 0.5) is 26.3 Å². The van der Waals surface area contributed by atoms with Gasteiger partial charge in [-0.25, -0.2) is 4.98 Å². The van der Waals surface area contributed by atoms with Crippen LogP contribution in [0.15, 0.2) is 6.07 Å². The zero-order valence-corrected chi connectivity index (χ0v) is 9.90. The van der Waals surface area contributed by atoms with Crippen LogP contribution >= 0.6 is 11.6 Å². The van der Waals surface area contributed by atoms with Crippen LogP contribution < -0.4 is 4.74 Å². The quantitative estimate of drug-likeness (QED) is 0.481. The van der Waals surface area contributed by atoms with E-state index in [0.29, 0.717) is 6.07 Å². The van der Waals surface area contributed by atoms with Crippen molar-refractivity contribution in [3.05, 3.63) is 17.0 Å². The van der Waals surface area contributed by atoms with Gasteiger partial charge in [-0.15, -0.1) is 0 Å². The SMILES string of the molecule is FC(F)(F)CCCOc1cc(C(F)(F)F)nc(Cl)n1. The lowest BCUT2D eigenvalue weighted by Crippen LogP contribution is -2.12. The van der Waals surface area contributed by atoms with E-state index in [-0.39, 0.29) is 0 Å². The van der Waals surface area contributed by atoms with Crippen LogP contribution in [0.2, 0.25) is 5.28 Å². The van der Waals surface area contributed by atoms with Crippen molar-refractivity contribution in [3.63, 3.8) is 0 Å². The highest BCUT2D eigenvalue weighted by Gasteiger charge is 2.34. The Kier molecular flexibility index (Phi) is 4.83. The highest BCUT2D eigenvalue weighted by Crippen LogP contribution is 2.30.